The molecule has 178 valence electrons. The van der Waals surface area contributed by atoms with Gasteiger partial charge in [0.05, 0.1) is 6.10 Å². The Kier molecular flexibility index (Phi) is 7.54. The molecule has 0 saturated carbocycles. The van der Waals surface area contributed by atoms with Gasteiger partial charge in [-0.2, -0.15) is 4.98 Å². The van der Waals surface area contributed by atoms with E-state index < -0.39 is 0 Å². The van der Waals surface area contributed by atoms with Gasteiger partial charge in [0.2, 0.25) is 0 Å². The van der Waals surface area contributed by atoms with Gasteiger partial charge in [0.1, 0.15) is 0 Å². The maximum Gasteiger partial charge on any atom is 0.321 e. The van der Waals surface area contributed by atoms with Crippen LogP contribution in [0.3, 0.4) is 0 Å². The summed E-state index contributed by atoms with van der Waals surface area (Å²) in [4.78, 5) is 30.7. The lowest BCUT2D eigenvalue weighted by molar-refractivity contribution is 0.0858. The van der Waals surface area contributed by atoms with E-state index in [1.807, 2.05) is 31.2 Å². The van der Waals surface area contributed by atoms with Crippen LogP contribution in [0.5, 0.6) is 0 Å². The van der Waals surface area contributed by atoms with Crippen LogP contribution in [0, 0.1) is 6.92 Å². The number of hydrogen-bond donors (Lipinski definition) is 2. The highest BCUT2D eigenvalue weighted by Gasteiger charge is 2.17. The number of likely N-dealkylation sites (N-methyl/N-ethyl adjacent to an activating group) is 1. The van der Waals surface area contributed by atoms with Gasteiger partial charge in [-0.15, -0.1) is 0 Å². The van der Waals surface area contributed by atoms with E-state index in [4.69, 9.17) is 9.26 Å². The highest BCUT2D eigenvalue weighted by molar-refractivity contribution is 5.94. The molecular formula is C25H29N5O4. The SMILES string of the molecule is Cc1ccc(NC(=O)N(C)CCc2noc(-c3ccc(C(=O)NCC4CCCO4)cc3)n2)cc1. The molecule has 9 nitrogen and oxygen atoms in total. The van der Waals surface area contributed by atoms with Crippen LogP contribution >= 0.6 is 0 Å². The van der Waals surface area contributed by atoms with E-state index in [0.29, 0.717) is 36.8 Å². The summed E-state index contributed by atoms with van der Waals surface area (Å²) in [7, 11) is 1.72. The van der Waals surface area contributed by atoms with Crippen molar-refractivity contribution in [2.75, 3.05) is 32.1 Å². The molecule has 2 N–H and O–H groups in total. The average molecular weight is 464 g/mol. The fourth-order valence-electron chi connectivity index (χ4n) is 3.58. The lowest BCUT2D eigenvalue weighted by Crippen LogP contribution is -2.33. The quantitative estimate of drug-likeness (QED) is 0.528. The van der Waals surface area contributed by atoms with E-state index in [-0.39, 0.29) is 18.0 Å². The zero-order chi connectivity index (χ0) is 23.9. The van der Waals surface area contributed by atoms with Gasteiger partial charge in [0.15, 0.2) is 5.82 Å². The number of nitrogens with one attached hydrogen (secondary N) is 2. The number of nitrogens with zero attached hydrogens (tertiary/aromatic N) is 3. The molecule has 3 amide bonds. The number of urea groups is 1. The number of aromatic nitrogens is 2. The summed E-state index contributed by atoms with van der Waals surface area (Å²) in [6.45, 7) is 3.71. The van der Waals surface area contributed by atoms with Crippen molar-refractivity contribution in [1.82, 2.24) is 20.4 Å². The highest BCUT2D eigenvalue weighted by Crippen LogP contribution is 2.18. The van der Waals surface area contributed by atoms with Gasteiger partial charge in [0, 0.05) is 50.0 Å². The van der Waals surface area contributed by atoms with E-state index >= 15 is 0 Å². The van der Waals surface area contributed by atoms with E-state index in [2.05, 4.69) is 20.8 Å². The van der Waals surface area contributed by atoms with Crippen LogP contribution in [-0.2, 0) is 11.2 Å². The minimum absolute atomic E-state index is 0.104. The molecule has 1 fully saturated rings. The van der Waals surface area contributed by atoms with Gasteiger partial charge in [-0.1, -0.05) is 22.9 Å². The summed E-state index contributed by atoms with van der Waals surface area (Å²) in [6.07, 6.45) is 2.57. The Hall–Kier alpha value is -3.72. The number of anilines is 1. The molecule has 1 unspecified atom stereocenters. The van der Waals surface area contributed by atoms with Crippen molar-refractivity contribution < 1.29 is 18.8 Å². The first-order chi connectivity index (χ1) is 16.5. The molecule has 0 spiro atoms. The number of hydrogen-bond acceptors (Lipinski definition) is 6. The number of benzene rings is 2. The zero-order valence-corrected chi connectivity index (χ0v) is 19.4. The molecular weight excluding hydrogens is 434 g/mol. The lowest BCUT2D eigenvalue weighted by atomic mass is 10.1. The maximum absolute atomic E-state index is 12.4. The number of amides is 3. The Morgan fingerprint density at radius 2 is 1.88 bits per heavy atom. The standard InChI is InChI=1S/C25H29N5O4/c1-17-5-11-20(12-6-17)27-25(32)30(2)14-13-22-28-24(34-29-22)19-9-7-18(8-10-19)23(31)26-16-21-4-3-15-33-21/h5-12,21H,3-4,13-16H2,1-2H3,(H,26,31)(H,27,32). The fourth-order valence-corrected chi connectivity index (χ4v) is 3.58. The summed E-state index contributed by atoms with van der Waals surface area (Å²) < 4.78 is 10.9. The minimum atomic E-state index is -0.207. The van der Waals surface area contributed by atoms with Crippen LogP contribution in [0.1, 0.15) is 34.6 Å². The van der Waals surface area contributed by atoms with Crippen molar-refractivity contribution >= 4 is 17.6 Å². The van der Waals surface area contributed by atoms with Crippen LogP contribution in [0.2, 0.25) is 0 Å². The second-order valence-corrected chi connectivity index (χ2v) is 8.41. The van der Waals surface area contributed by atoms with Crippen LogP contribution in [0.15, 0.2) is 53.1 Å². The molecule has 9 heteroatoms. The number of aryl methyl sites for hydroxylation is 1. The van der Waals surface area contributed by atoms with Gasteiger partial charge in [0.25, 0.3) is 11.8 Å². The smallest absolute Gasteiger partial charge is 0.321 e. The summed E-state index contributed by atoms with van der Waals surface area (Å²) in [5, 5.41) is 9.77. The first-order valence-corrected chi connectivity index (χ1v) is 11.4. The monoisotopic (exact) mass is 463 g/mol. The van der Waals surface area contributed by atoms with Crippen LogP contribution < -0.4 is 10.6 Å². The molecule has 3 aromatic rings. The zero-order valence-electron chi connectivity index (χ0n) is 19.4. The van der Waals surface area contributed by atoms with Crippen LogP contribution in [-0.4, -0.2) is 59.8 Å². The van der Waals surface area contributed by atoms with E-state index in [0.717, 1.165) is 36.3 Å². The first-order valence-electron chi connectivity index (χ1n) is 11.4. The van der Waals surface area contributed by atoms with Crippen molar-refractivity contribution in [3.05, 3.63) is 65.5 Å². The third kappa shape index (κ3) is 6.20. The lowest BCUT2D eigenvalue weighted by Gasteiger charge is -2.17. The van der Waals surface area contributed by atoms with Gasteiger partial charge in [-0.3, -0.25) is 4.79 Å². The van der Waals surface area contributed by atoms with Crippen LogP contribution in [0.25, 0.3) is 11.5 Å². The molecule has 0 radical (unpaired) electrons. The van der Waals surface area contributed by atoms with Crippen molar-refractivity contribution in [3.63, 3.8) is 0 Å². The molecule has 2 aromatic carbocycles. The Balaban J connectivity index is 1.26. The topological polar surface area (TPSA) is 110 Å². The molecule has 1 aromatic heterocycles. The van der Waals surface area contributed by atoms with E-state index in [1.165, 1.54) is 0 Å². The minimum Gasteiger partial charge on any atom is -0.376 e. The molecule has 1 aliphatic heterocycles. The molecule has 1 aliphatic rings. The predicted octanol–water partition coefficient (Wildman–Crippen LogP) is 3.66. The van der Waals surface area contributed by atoms with Crippen molar-refractivity contribution in [1.29, 1.82) is 0 Å². The van der Waals surface area contributed by atoms with Crippen molar-refractivity contribution in [2.24, 2.45) is 0 Å². The largest absolute Gasteiger partial charge is 0.376 e. The molecule has 2 heterocycles. The van der Waals surface area contributed by atoms with Gasteiger partial charge in [-0.25, -0.2) is 4.79 Å². The second-order valence-electron chi connectivity index (χ2n) is 8.41. The molecule has 1 atom stereocenters. The molecule has 34 heavy (non-hydrogen) atoms. The Morgan fingerprint density at radius 1 is 1.12 bits per heavy atom. The molecule has 4 rings (SSSR count). The van der Waals surface area contributed by atoms with Gasteiger partial charge >= 0.3 is 6.03 Å². The third-order valence-corrected chi connectivity index (χ3v) is 5.70. The molecule has 0 aliphatic carbocycles. The summed E-state index contributed by atoms with van der Waals surface area (Å²) in [5.74, 6) is 0.733. The number of ether oxygens (including phenoxy) is 1. The van der Waals surface area contributed by atoms with E-state index in [1.54, 1.807) is 36.2 Å². The first kappa shape index (κ1) is 23.4. The molecule has 0 bridgehead atoms. The average Bonchev–Trinajstić information content (AvgIpc) is 3.55. The van der Waals surface area contributed by atoms with Gasteiger partial charge in [-0.05, 0) is 56.2 Å². The third-order valence-electron chi connectivity index (χ3n) is 5.70. The summed E-state index contributed by atoms with van der Waals surface area (Å²) >= 11 is 0. The van der Waals surface area contributed by atoms with Gasteiger partial charge < -0.3 is 24.8 Å². The Morgan fingerprint density at radius 3 is 2.59 bits per heavy atom. The summed E-state index contributed by atoms with van der Waals surface area (Å²) in [6, 6.07) is 14.4. The number of carbonyl (C=O) groups excluding carboxylic acids is 2. The van der Waals surface area contributed by atoms with Crippen LogP contribution in [0.4, 0.5) is 10.5 Å². The highest BCUT2D eigenvalue weighted by atomic mass is 16.5. The van der Waals surface area contributed by atoms with E-state index in [9.17, 15) is 9.59 Å². The van der Waals surface area contributed by atoms with Crippen molar-refractivity contribution in [3.8, 4) is 11.5 Å². The Labute approximate surface area is 198 Å². The summed E-state index contributed by atoms with van der Waals surface area (Å²) in [5.41, 5.74) is 3.16. The fraction of sp³-hybridized carbons (Fsp3) is 0.360. The number of carbonyl (C=O) groups is 2. The number of rotatable bonds is 8. The normalized spacial score (nSPS) is 15.2. The maximum atomic E-state index is 12.4. The van der Waals surface area contributed by atoms with Crippen molar-refractivity contribution in [2.45, 2.75) is 32.3 Å². The predicted molar refractivity (Wildman–Crippen MR) is 128 cm³/mol. The molecule has 1 saturated heterocycles. The Bertz CT molecular complexity index is 1110. The second kappa shape index (κ2) is 10.9.